The Labute approximate surface area is 120 Å². The van der Waals surface area contributed by atoms with Gasteiger partial charge < -0.3 is 15.5 Å². The molecule has 3 nitrogen and oxygen atoms in total. The van der Waals surface area contributed by atoms with Gasteiger partial charge in [-0.1, -0.05) is 0 Å². The number of nitrogens with two attached hydrogens (primary N) is 1. The molecule has 0 bridgehead atoms. The summed E-state index contributed by atoms with van der Waals surface area (Å²) >= 11 is 0. The van der Waals surface area contributed by atoms with Crippen molar-refractivity contribution in [3.8, 4) is 0 Å². The minimum Gasteiger partial charge on any atom is -0.399 e. The van der Waals surface area contributed by atoms with E-state index in [0.717, 1.165) is 13.1 Å². The van der Waals surface area contributed by atoms with E-state index in [1.807, 2.05) is 6.07 Å². The van der Waals surface area contributed by atoms with E-state index in [1.54, 1.807) is 6.07 Å². The molecule has 1 spiro atoms. The topological polar surface area (TPSA) is 32.5 Å². The number of likely N-dealkylation sites (tertiary alicyclic amines) is 1. The van der Waals surface area contributed by atoms with Crippen LogP contribution in [0.2, 0.25) is 0 Å². The van der Waals surface area contributed by atoms with Gasteiger partial charge in [-0.3, -0.25) is 0 Å². The summed E-state index contributed by atoms with van der Waals surface area (Å²) in [7, 11) is 2.20. The zero-order valence-electron chi connectivity index (χ0n) is 12.2. The zero-order valence-corrected chi connectivity index (χ0v) is 12.2. The van der Waals surface area contributed by atoms with Crippen molar-refractivity contribution in [2.75, 3.05) is 43.9 Å². The van der Waals surface area contributed by atoms with Gasteiger partial charge in [-0.05, 0) is 69.4 Å². The summed E-state index contributed by atoms with van der Waals surface area (Å²) in [4.78, 5) is 4.59. The first-order valence-electron chi connectivity index (χ1n) is 7.57. The molecule has 0 aliphatic carbocycles. The second-order valence-electron chi connectivity index (χ2n) is 6.50. The van der Waals surface area contributed by atoms with Gasteiger partial charge in [0, 0.05) is 18.8 Å². The summed E-state index contributed by atoms with van der Waals surface area (Å²) in [5.74, 6) is -0.190. The number of benzene rings is 1. The van der Waals surface area contributed by atoms with E-state index in [-0.39, 0.29) is 5.82 Å². The van der Waals surface area contributed by atoms with Crippen LogP contribution >= 0.6 is 0 Å². The van der Waals surface area contributed by atoms with Crippen LogP contribution in [0.25, 0.3) is 0 Å². The number of rotatable bonds is 1. The summed E-state index contributed by atoms with van der Waals surface area (Å²) in [6, 6.07) is 5.03. The summed E-state index contributed by atoms with van der Waals surface area (Å²) in [5.41, 5.74) is 7.33. The van der Waals surface area contributed by atoms with Crippen LogP contribution in [-0.4, -0.2) is 38.1 Å². The van der Waals surface area contributed by atoms with Gasteiger partial charge in [-0.25, -0.2) is 4.39 Å². The lowest BCUT2D eigenvalue weighted by Crippen LogP contribution is -2.46. The maximum Gasteiger partial charge on any atom is 0.148 e. The Morgan fingerprint density at radius 1 is 1.05 bits per heavy atom. The number of nitrogens with zero attached hydrogens (tertiary/aromatic N) is 2. The number of halogens is 1. The fraction of sp³-hybridized carbons (Fsp3) is 0.625. The fourth-order valence-electron chi connectivity index (χ4n) is 3.59. The Hall–Kier alpha value is -1.29. The molecule has 2 aliphatic heterocycles. The third kappa shape index (κ3) is 2.62. The Kier molecular flexibility index (Phi) is 3.59. The molecule has 20 heavy (non-hydrogen) atoms. The van der Waals surface area contributed by atoms with Crippen LogP contribution in [0.15, 0.2) is 18.2 Å². The normalized spacial score (nSPS) is 23.2. The maximum absolute atomic E-state index is 14.0. The molecule has 3 rings (SSSR count). The summed E-state index contributed by atoms with van der Waals surface area (Å²) in [6.45, 7) is 4.33. The van der Waals surface area contributed by atoms with Crippen LogP contribution in [0.3, 0.4) is 0 Å². The Bertz CT molecular complexity index is 471. The monoisotopic (exact) mass is 277 g/mol. The van der Waals surface area contributed by atoms with Crippen molar-refractivity contribution in [2.45, 2.75) is 25.7 Å². The molecule has 110 valence electrons. The highest BCUT2D eigenvalue weighted by molar-refractivity contribution is 5.54. The SMILES string of the molecule is CN1CCC2(CC1)CCN(c1ccc(N)cc1F)CC2. The van der Waals surface area contributed by atoms with Gasteiger partial charge in [0.05, 0.1) is 5.69 Å². The van der Waals surface area contributed by atoms with Crippen molar-refractivity contribution in [3.05, 3.63) is 24.0 Å². The highest BCUT2D eigenvalue weighted by Gasteiger charge is 2.37. The predicted octanol–water partition coefficient (Wildman–Crippen LogP) is 2.72. The molecule has 0 saturated carbocycles. The number of hydrogen-bond acceptors (Lipinski definition) is 3. The van der Waals surface area contributed by atoms with Crippen molar-refractivity contribution in [1.82, 2.24) is 4.90 Å². The summed E-state index contributed by atoms with van der Waals surface area (Å²) < 4.78 is 14.0. The molecule has 2 aliphatic rings. The fourth-order valence-corrected chi connectivity index (χ4v) is 3.59. The first-order valence-corrected chi connectivity index (χ1v) is 7.57. The highest BCUT2D eigenvalue weighted by Crippen LogP contribution is 2.42. The van der Waals surface area contributed by atoms with Gasteiger partial charge in [-0.2, -0.15) is 0 Å². The molecular weight excluding hydrogens is 253 g/mol. The van der Waals surface area contributed by atoms with Crippen molar-refractivity contribution in [2.24, 2.45) is 5.41 Å². The third-order valence-corrected chi connectivity index (χ3v) is 5.18. The average molecular weight is 277 g/mol. The lowest BCUT2D eigenvalue weighted by molar-refractivity contribution is 0.0943. The maximum atomic E-state index is 14.0. The Morgan fingerprint density at radius 2 is 1.65 bits per heavy atom. The molecular formula is C16H24FN3. The van der Waals surface area contributed by atoms with E-state index in [4.69, 9.17) is 5.73 Å². The van der Waals surface area contributed by atoms with Crippen molar-refractivity contribution in [3.63, 3.8) is 0 Å². The Morgan fingerprint density at radius 3 is 2.25 bits per heavy atom. The average Bonchev–Trinajstić information content (AvgIpc) is 2.44. The van der Waals surface area contributed by atoms with E-state index >= 15 is 0 Å². The molecule has 1 aromatic carbocycles. The molecule has 0 aromatic heterocycles. The zero-order chi connectivity index (χ0) is 14.2. The molecule has 2 heterocycles. The standard InChI is InChI=1S/C16H24FN3/c1-19-8-4-16(5-9-19)6-10-20(11-7-16)15-3-2-13(18)12-14(15)17/h2-3,12H,4-11,18H2,1H3. The molecule has 1 aromatic rings. The number of anilines is 2. The second kappa shape index (κ2) is 5.24. The second-order valence-corrected chi connectivity index (χ2v) is 6.50. The quantitative estimate of drug-likeness (QED) is 0.801. The number of piperidine rings is 2. The molecule has 2 fully saturated rings. The number of nitrogen functional groups attached to an aromatic ring is 1. The van der Waals surface area contributed by atoms with Gasteiger partial charge in [0.15, 0.2) is 0 Å². The molecule has 0 amide bonds. The minimum absolute atomic E-state index is 0.190. The van der Waals surface area contributed by atoms with E-state index < -0.39 is 0 Å². The summed E-state index contributed by atoms with van der Waals surface area (Å²) in [6.07, 6.45) is 4.96. The Balaban J connectivity index is 1.66. The van der Waals surface area contributed by atoms with Gasteiger partial charge >= 0.3 is 0 Å². The van der Waals surface area contributed by atoms with Gasteiger partial charge in [0.2, 0.25) is 0 Å². The first kappa shape index (κ1) is 13.7. The van der Waals surface area contributed by atoms with Crippen molar-refractivity contribution >= 4 is 11.4 Å². The van der Waals surface area contributed by atoms with Crippen LogP contribution in [0.4, 0.5) is 15.8 Å². The first-order chi connectivity index (χ1) is 9.58. The van der Waals surface area contributed by atoms with E-state index in [1.165, 1.54) is 44.8 Å². The van der Waals surface area contributed by atoms with Gasteiger partial charge in [-0.15, -0.1) is 0 Å². The molecule has 4 heteroatoms. The molecule has 0 atom stereocenters. The van der Waals surface area contributed by atoms with Crippen molar-refractivity contribution in [1.29, 1.82) is 0 Å². The largest absolute Gasteiger partial charge is 0.399 e. The van der Waals surface area contributed by atoms with E-state index in [2.05, 4.69) is 16.8 Å². The highest BCUT2D eigenvalue weighted by atomic mass is 19.1. The van der Waals surface area contributed by atoms with Gasteiger partial charge in [0.1, 0.15) is 5.82 Å². The van der Waals surface area contributed by atoms with Gasteiger partial charge in [0.25, 0.3) is 0 Å². The lowest BCUT2D eigenvalue weighted by Gasteiger charge is -2.46. The molecule has 2 N–H and O–H groups in total. The molecule has 0 unspecified atom stereocenters. The smallest absolute Gasteiger partial charge is 0.148 e. The van der Waals surface area contributed by atoms with Crippen LogP contribution in [-0.2, 0) is 0 Å². The van der Waals surface area contributed by atoms with Crippen LogP contribution in [0, 0.1) is 11.2 Å². The van der Waals surface area contributed by atoms with Crippen LogP contribution in [0.1, 0.15) is 25.7 Å². The molecule has 0 radical (unpaired) electrons. The van der Waals surface area contributed by atoms with Crippen LogP contribution < -0.4 is 10.6 Å². The predicted molar refractivity (Wildman–Crippen MR) is 81.4 cm³/mol. The minimum atomic E-state index is -0.190. The summed E-state index contributed by atoms with van der Waals surface area (Å²) in [5, 5.41) is 0. The third-order valence-electron chi connectivity index (χ3n) is 5.18. The van der Waals surface area contributed by atoms with Crippen molar-refractivity contribution < 1.29 is 4.39 Å². The van der Waals surface area contributed by atoms with E-state index in [0.29, 0.717) is 16.8 Å². The van der Waals surface area contributed by atoms with Crippen LogP contribution in [0.5, 0.6) is 0 Å². The molecule has 2 saturated heterocycles. The van der Waals surface area contributed by atoms with E-state index in [9.17, 15) is 4.39 Å². The number of hydrogen-bond donors (Lipinski definition) is 1. The lowest BCUT2D eigenvalue weighted by atomic mass is 9.71.